The van der Waals surface area contributed by atoms with Crippen molar-refractivity contribution in [1.82, 2.24) is 9.55 Å². The van der Waals surface area contributed by atoms with Gasteiger partial charge in [0.15, 0.2) is 0 Å². The van der Waals surface area contributed by atoms with Crippen molar-refractivity contribution < 1.29 is 22.3 Å². The van der Waals surface area contributed by atoms with Gasteiger partial charge in [0.05, 0.1) is 22.7 Å². The summed E-state index contributed by atoms with van der Waals surface area (Å²) in [6.45, 7) is -1.49. The van der Waals surface area contributed by atoms with Gasteiger partial charge in [-0.25, -0.2) is 9.37 Å². The maximum absolute atomic E-state index is 13.3. The number of imidazole rings is 1. The standard InChI is InChI=1S/C11H10ClF4N3O/c12-6-3-9-8(4-7(6)13)18-10(17)19(9)1-2-20-5-11(14,15)16/h3-4H,1-2,5H2,(H2,17,18). The van der Waals surface area contributed by atoms with E-state index in [0.29, 0.717) is 5.52 Å². The van der Waals surface area contributed by atoms with Gasteiger partial charge in [0.25, 0.3) is 0 Å². The smallest absolute Gasteiger partial charge is 0.370 e. The molecule has 0 bridgehead atoms. The van der Waals surface area contributed by atoms with Crippen LogP contribution < -0.4 is 5.73 Å². The molecule has 0 aliphatic rings. The second kappa shape index (κ2) is 5.45. The number of hydrogen-bond acceptors (Lipinski definition) is 3. The van der Waals surface area contributed by atoms with Crippen molar-refractivity contribution in [3.05, 3.63) is 23.0 Å². The number of fused-ring (bicyclic) bond motifs is 1. The van der Waals surface area contributed by atoms with Crippen molar-refractivity contribution in [3.8, 4) is 0 Å². The molecule has 0 saturated heterocycles. The summed E-state index contributed by atoms with van der Waals surface area (Å²) in [4.78, 5) is 3.91. The largest absolute Gasteiger partial charge is 0.411 e. The highest BCUT2D eigenvalue weighted by Crippen LogP contribution is 2.24. The Labute approximate surface area is 116 Å². The molecular weight excluding hydrogens is 302 g/mol. The Morgan fingerprint density at radius 1 is 1.35 bits per heavy atom. The van der Waals surface area contributed by atoms with E-state index in [0.717, 1.165) is 6.07 Å². The van der Waals surface area contributed by atoms with Gasteiger partial charge in [-0.05, 0) is 6.07 Å². The molecule has 0 aliphatic carbocycles. The van der Waals surface area contributed by atoms with Gasteiger partial charge in [-0.15, -0.1) is 0 Å². The van der Waals surface area contributed by atoms with Gasteiger partial charge in [-0.2, -0.15) is 13.2 Å². The van der Waals surface area contributed by atoms with Crippen molar-refractivity contribution in [2.45, 2.75) is 12.7 Å². The SMILES string of the molecule is Nc1nc2cc(F)c(Cl)cc2n1CCOCC(F)(F)F. The molecule has 1 heterocycles. The van der Waals surface area contributed by atoms with Crippen LogP contribution in [0.25, 0.3) is 11.0 Å². The number of rotatable bonds is 4. The molecule has 2 aromatic rings. The van der Waals surface area contributed by atoms with Gasteiger partial charge >= 0.3 is 6.18 Å². The van der Waals surface area contributed by atoms with Crippen molar-refractivity contribution in [3.63, 3.8) is 0 Å². The summed E-state index contributed by atoms with van der Waals surface area (Å²) in [5, 5.41) is -0.116. The van der Waals surface area contributed by atoms with Crippen LogP contribution in [0.1, 0.15) is 0 Å². The van der Waals surface area contributed by atoms with Crippen molar-refractivity contribution >= 4 is 28.6 Å². The number of ether oxygens (including phenoxy) is 1. The van der Waals surface area contributed by atoms with E-state index in [2.05, 4.69) is 9.72 Å². The molecule has 9 heteroatoms. The molecule has 0 amide bonds. The number of nitrogens with zero attached hydrogens (tertiary/aromatic N) is 2. The van der Waals surface area contributed by atoms with Gasteiger partial charge in [0, 0.05) is 12.6 Å². The Morgan fingerprint density at radius 2 is 2.05 bits per heavy atom. The molecule has 20 heavy (non-hydrogen) atoms. The van der Waals surface area contributed by atoms with Gasteiger partial charge in [-0.1, -0.05) is 11.6 Å². The van der Waals surface area contributed by atoms with E-state index in [1.165, 1.54) is 10.6 Å². The van der Waals surface area contributed by atoms with Crippen LogP contribution in [0.3, 0.4) is 0 Å². The Morgan fingerprint density at radius 3 is 2.70 bits per heavy atom. The second-order valence-electron chi connectivity index (χ2n) is 4.04. The molecule has 0 unspecified atom stereocenters. The maximum atomic E-state index is 13.3. The van der Waals surface area contributed by atoms with Gasteiger partial charge in [0.1, 0.15) is 12.4 Å². The molecule has 0 fully saturated rings. The fourth-order valence-electron chi connectivity index (χ4n) is 1.72. The predicted octanol–water partition coefficient (Wildman–Crippen LogP) is 2.99. The van der Waals surface area contributed by atoms with E-state index >= 15 is 0 Å². The van der Waals surface area contributed by atoms with E-state index in [1.54, 1.807) is 0 Å². The quantitative estimate of drug-likeness (QED) is 0.697. The van der Waals surface area contributed by atoms with E-state index in [4.69, 9.17) is 17.3 Å². The average Bonchev–Trinajstić information content (AvgIpc) is 2.60. The van der Waals surface area contributed by atoms with Gasteiger partial charge < -0.3 is 15.0 Å². The first-order valence-corrected chi connectivity index (χ1v) is 5.91. The topological polar surface area (TPSA) is 53.1 Å². The Balaban J connectivity index is 2.14. The lowest BCUT2D eigenvalue weighted by molar-refractivity contribution is -0.174. The molecule has 0 saturated carbocycles. The van der Waals surface area contributed by atoms with Gasteiger partial charge in [-0.3, -0.25) is 0 Å². The van der Waals surface area contributed by atoms with Crippen molar-refractivity contribution in [1.29, 1.82) is 0 Å². The summed E-state index contributed by atoms with van der Waals surface area (Å²) < 4.78 is 54.9. The molecule has 0 aliphatic heterocycles. The van der Waals surface area contributed by atoms with Crippen LogP contribution >= 0.6 is 11.6 Å². The van der Waals surface area contributed by atoms with Crippen molar-refractivity contribution in [2.24, 2.45) is 0 Å². The highest BCUT2D eigenvalue weighted by molar-refractivity contribution is 6.31. The molecule has 110 valence electrons. The highest BCUT2D eigenvalue weighted by atomic mass is 35.5. The lowest BCUT2D eigenvalue weighted by Gasteiger charge is -2.09. The first-order chi connectivity index (χ1) is 9.28. The number of nitrogen functional groups attached to an aromatic ring is 1. The second-order valence-corrected chi connectivity index (χ2v) is 4.45. The lowest BCUT2D eigenvalue weighted by Crippen LogP contribution is -2.19. The fourth-order valence-corrected chi connectivity index (χ4v) is 1.88. The third-order valence-electron chi connectivity index (χ3n) is 2.54. The zero-order valence-corrected chi connectivity index (χ0v) is 10.8. The maximum Gasteiger partial charge on any atom is 0.411 e. The van der Waals surface area contributed by atoms with Crippen LogP contribution in [0, 0.1) is 5.82 Å². The van der Waals surface area contributed by atoms with Crippen LogP contribution in [0.5, 0.6) is 0 Å². The highest BCUT2D eigenvalue weighted by Gasteiger charge is 2.27. The monoisotopic (exact) mass is 311 g/mol. The van der Waals surface area contributed by atoms with Crippen LogP contribution in [0.2, 0.25) is 5.02 Å². The number of halogens is 5. The molecule has 0 spiro atoms. The summed E-state index contributed by atoms with van der Waals surface area (Å²) >= 11 is 5.65. The zero-order chi connectivity index (χ0) is 14.9. The minimum absolute atomic E-state index is 0.0530. The van der Waals surface area contributed by atoms with Crippen LogP contribution in [-0.4, -0.2) is 28.9 Å². The molecule has 1 aromatic heterocycles. The summed E-state index contributed by atoms with van der Waals surface area (Å²) in [5.41, 5.74) is 6.34. The van der Waals surface area contributed by atoms with Crippen LogP contribution in [-0.2, 0) is 11.3 Å². The van der Waals surface area contributed by atoms with E-state index in [9.17, 15) is 17.6 Å². The summed E-state index contributed by atoms with van der Waals surface area (Å²) in [5.74, 6) is -0.589. The van der Waals surface area contributed by atoms with Crippen molar-refractivity contribution in [2.75, 3.05) is 18.9 Å². The Hall–Kier alpha value is -1.54. The zero-order valence-electron chi connectivity index (χ0n) is 10.0. The first-order valence-electron chi connectivity index (χ1n) is 5.53. The predicted molar refractivity (Wildman–Crippen MR) is 66.0 cm³/mol. The van der Waals surface area contributed by atoms with E-state index < -0.39 is 18.6 Å². The summed E-state index contributed by atoms with van der Waals surface area (Å²) in [6, 6.07) is 2.43. The number of aromatic nitrogens is 2. The van der Waals surface area contributed by atoms with Gasteiger partial charge in [0.2, 0.25) is 5.95 Å². The number of hydrogen-bond donors (Lipinski definition) is 1. The Kier molecular flexibility index (Phi) is 4.05. The lowest BCUT2D eigenvalue weighted by atomic mass is 10.3. The van der Waals surface area contributed by atoms with E-state index in [-0.39, 0.29) is 29.6 Å². The minimum Gasteiger partial charge on any atom is -0.370 e. The number of benzene rings is 1. The third-order valence-corrected chi connectivity index (χ3v) is 2.83. The summed E-state index contributed by atoms with van der Waals surface area (Å²) in [7, 11) is 0. The average molecular weight is 312 g/mol. The van der Waals surface area contributed by atoms with Crippen LogP contribution in [0.15, 0.2) is 12.1 Å². The normalized spacial score (nSPS) is 12.2. The summed E-state index contributed by atoms with van der Waals surface area (Å²) in [6.07, 6.45) is -4.38. The third kappa shape index (κ3) is 3.31. The Bertz CT molecular complexity index is 626. The van der Waals surface area contributed by atoms with Crippen LogP contribution in [0.4, 0.5) is 23.5 Å². The molecule has 1 aromatic carbocycles. The molecular formula is C11H10ClF4N3O. The molecule has 2 N–H and O–H groups in total. The number of anilines is 1. The van der Waals surface area contributed by atoms with E-state index in [1.807, 2.05) is 0 Å². The molecule has 4 nitrogen and oxygen atoms in total. The number of nitrogens with two attached hydrogens (primary N) is 1. The molecule has 0 radical (unpaired) electrons. The fraction of sp³-hybridized carbons (Fsp3) is 0.364. The molecule has 0 atom stereocenters. The first kappa shape index (κ1) is 14.9. The molecule has 2 rings (SSSR count). The number of alkyl halides is 3. The minimum atomic E-state index is -4.38.